The maximum absolute atomic E-state index is 11.7. The molecule has 2 rings (SSSR count). The van der Waals surface area contributed by atoms with E-state index < -0.39 is 0 Å². The number of carbonyl (C=O) groups is 1. The van der Waals surface area contributed by atoms with Gasteiger partial charge < -0.3 is 20.7 Å². The van der Waals surface area contributed by atoms with Crippen molar-refractivity contribution in [2.24, 2.45) is 16.3 Å². The van der Waals surface area contributed by atoms with Crippen LogP contribution in [0.4, 0.5) is 5.69 Å². The molecule has 0 saturated carbocycles. The molecule has 168 valence electrons. The number of hydrogen-bond acceptors (Lipinski definition) is 3. The Morgan fingerprint density at radius 2 is 1.90 bits per heavy atom. The highest BCUT2D eigenvalue weighted by Crippen LogP contribution is 2.33. The number of amides is 1. The number of guanidine groups is 1. The molecule has 1 amide bonds. The summed E-state index contributed by atoms with van der Waals surface area (Å²) in [6.45, 7) is 14.0. The summed E-state index contributed by atoms with van der Waals surface area (Å²) in [6.07, 6.45) is 3.96. The van der Waals surface area contributed by atoms with E-state index in [0.29, 0.717) is 18.9 Å². The summed E-state index contributed by atoms with van der Waals surface area (Å²) in [6, 6.07) is 7.90. The maximum atomic E-state index is 11.7. The average Bonchev–Trinajstić information content (AvgIpc) is 2.71. The van der Waals surface area contributed by atoms with Gasteiger partial charge in [-0.3, -0.25) is 4.79 Å². The Labute approximate surface area is 182 Å². The van der Waals surface area contributed by atoms with Crippen molar-refractivity contribution in [2.75, 3.05) is 25.0 Å². The number of benzene rings is 1. The van der Waals surface area contributed by atoms with Crippen molar-refractivity contribution in [3.63, 3.8) is 0 Å². The van der Waals surface area contributed by atoms with Crippen LogP contribution in [-0.4, -0.2) is 37.7 Å². The van der Waals surface area contributed by atoms with Crippen LogP contribution in [0.3, 0.4) is 0 Å². The van der Waals surface area contributed by atoms with Crippen molar-refractivity contribution < 1.29 is 9.53 Å². The molecule has 1 aliphatic heterocycles. The summed E-state index contributed by atoms with van der Waals surface area (Å²) in [5.74, 6) is 1.37. The van der Waals surface area contributed by atoms with Gasteiger partial charge in [-0.05, 0) is 49.3 Å². The molecule has 1 fully saturated rings. The third-order valence-corrected chi connectivity index (χ3v) is 5.31. The van der Waals surface area contributed by atoms with Crippen LogP contribution in [0.15, 0.2) is 29.3 Å². The summed E-state index contributed by atoms with van der Waals surface area (Å²) in [4.78, 5) is 16.5. The highest BCUT2D eigenvalue weighted by Gasteiger charge is 2.35. The first kappa shape index (κ1) is 24.2. The Morgan fingerprint density at radius 3 is 2.53 bits per heavy atom. The lowest BCUT2D eigenvalue weighted by Gasteiger charge is -2.40. The molecule has 6 nitrogen and oxygen atoms in total. The lowest BCUT2D eigenvalue weighted by atomic mass is 9.78. The van der Waals surface area contributed by atoms with E-state index in [1.54, 1.807) is 0 Å². The van der Waals surface area contributed by atoms with Crippen molar-refractivity contribution in [1.29, 1.82) is 0 Å². The van der Waals surface area contributed by atoms with Crippen LogP contribution in [0.1, 0.15) is 65.9 Å². The minimum Gasteiger partial charge on any atom is -0.377 e. The minimum absolute atomic E-state index is 0.0576. The monoisotopic (exact) mass is 416 g/mol. The smallest absolute Gasteiger partial charge is 0.224 e. The fourth-order valence-electron chi connectivity index (χ4n) is 3.89. The molecular weight excluding hydrogens is 376 g/mol. The number of aliphatic imine (C=N–C) groups is 1. The van der Waals surface area contributed by atoms with Crippen LogP contribution >= 0.6 is 0 Å². The molecule has 0 radical (unpaired) electrons. The molecule has 1 heterocycles. The summed E-state index contributed by atoms with van der Waals surface area (Å²) in [7, 11) is 0. The second-order valence-corrected chi connectivity index (χ2v) is 9.13. The van der Waals surface area contributed by atoms with E-state index in [1.807, 2.05) is 31.2 Å². The topological polar surface area (TPSA) is 74.8 Å². The molecule has 6 heteroatoms. The van der Waals surface area contributed by atoms with Gasteiger partial charge >= 0.3 is 0 Å². The Kier molecular flexibility index (Phi) is 9.63. The quantitative estimate of drug-likeness (QED) is 0.436. The predicted octanol–water partition coefficient (Wildman–Crippen LogP) is 4.32. The number of nitrogens with zero attached hydrogens (tertiary/aromatic N) is 1. The Bertz CT molecular complexity index is 679. The van der Waals surface area contributed by atoms with Gasteiger partial charge in [0.2, 0.25) is 5.91 Å². The van der Waals surface area contributed by atoms with Crippen molar-refractivity contribution in [2.45, 2.75) is 73.0 Å². The Hall–Kier alpha value is -2.08. The van der Waals surface area contributed by atoms with Crippen LogP contribution in [0, 0.1) is 11.3 Å². The van der Waals surface area contributed by atoms with E-state index in [2.05, 4.69) is 43.6 Å². The molecule has 1 aromatic carbocycles. The van der Waals surface area contributed by atoms with Gasteiger partial charge in [-0.25, -0.2) is 4.99 Å². The molecule has 0 aromatic heterocycles. The lowest BCUT2D eigenvalue weighted by molar-refractivity contribution is -0.116. The molecule has 2 atom stereocenters. The zero-order valence-electron chi connectivity index (χ0n) is 19.4. The number of rotatable bonds is 8. The number of nitrogens with one attached hydrogen (secondary N) is 3. The van der Waals surface area contributed by atoms with Crippen LogP contribution in [0.25, 0.3) is 0 Å². The minimum atomic E-state index is 0.0576. The van der Waals surface area contributed by atoms with Gasteiger partial charge in [-0.2, -0.15) is 0 Å². The highest BCUT2D eigenvalue weighted by molar-refractivity contribution is 5.90. The van der Waals surface area contributed by atoms with Crippen LogP contribution in [0.5, 0.6) is 0 Å². The third-order valence-electron chi connectivity index (χ3n) is 5.31. The third kappa shape index (κ3) is 7.98. The van der Waals surface area contributed by atoms with E-state index >= 15 is 0 Å². The summed E-state index contributed by atoms with van der Waals surface area (Å²) >= 11 is 0. The van der Waals surface area contributed by atoms with E-state index in [-0.39, 0.29) is 17.4 Å². The average molecular weight is 417 g/mol. The fourth-order valence-corrected chi connectivity index (χ4v) is 3.89. The molecule has 1 saturated heterocycles. The number of anilines is 1. The zero-order valence-corrected chi connectivity index (χ0v) is 19.4. The summed E-state index contributed by atoms with van der Waals surface area (Å²) in [5, 5.41) is 9.77. The molecule has 3 N–H and O–H groups in total. The molecule has 30 heavy (non-hydrogen) atoms. The van der Waals surface area contributed by atoms with E-state index in [9.17, 15) is 4.79 Å². The van der Waals surface area contributed by atoms with Crippen LogP contribution < -0.4 is 16.0 Å². The predicted molar refractivity (Wildman–Crippen MR) is 125 cm³/mol. The van der Waals surface area contributed by atoms with Crippen molar-refractivity contribution >= 4 is 17.6 Å². The van der Waals surface area contributed by atoms with Gasteiger partial charge in [0.15, 0.2) is 5.96 Å². The molecule has 1 aromatic rings. The molecule has 1 aliphatic rings. The molecule has 0 aliphatic carbocycles. The van der Waals surface area contributed by atoms with Gasteiger partial charge in [-0.1, -0.05) is 39.8 Å². The van der Waals surface area contributed by atoms with Crippen LogP contribution in [-0.2, 0) is 16.1 Å². The molecule has 0 spiro atoms. The lowest BCUT2D eigenvalue weighted by Crippen LogP contribution is -2.47. The summed E-state index contributed by atoms with van der Waals surface area (Å²) < 4.78 is 6.10. The Balaban J connectivity index is 1.93. The first-order valence-electron chi connectivity index (χ1n) is 11.4. The van der Waals surface area contributed by atoms with Gasteiger partial charge in [0.25, 0.3) is 0 Å². The molecule has 2 unspecified atom stereocenters. The van der Waals surface area contributed by atoms with Gasteiger partial charge in [0.05, 0.1) is 12.6 Å². The zero-order chi connectivity index (χ0) is 22.0. The first-order valence-corrected chi connectivity index (χ1v) is 11.4. The molecular formula is C24H40N4O2. The van der Waals surface area contributed by atoms with Gasteiger partial charge in [0, 0.05) is 37.7 Å². The first-order chi connectivity index (χ1) is 14.3. The fraction of sp³-hybridized carbons (Fsp3) is 0.667. The SMILES string of the molecule is CCCC(=O)Nc1ccc(CN=C(NCC)NCC2CCCOC2C(C)(C)C)cc1. The number of hydrogen-bond donors (Lipinski definition) is 3. The number of ether oxygens (including phenoxy) is 1. The molecule has 0 bridgehead atoms. The number of carbonyl (C=O) groups excluding carboxylic acids is 1. The highest BCUT2D eigenvalue weighted by atomic mass is 16.5. The van der Waals surface area contributed by atoms with Crippen LogP contribution in [0.2, 0.25) is 0 Å². The van der Waals surface area contributed by atoms with Crippen molar-refractivity contribution in [3.8, 4) is 0 Å². The van der Waals surface area contributed by atoms with E-state index in [1.165, 1.54) is 6.42 Å². The van der Waals surface area contributed by atoms with Crippen molar-refractivity contribution in [1.82, 2.24) is 10.6 Å². The Morgan fingerprint density at radius 1 is 1.17 bits per heavy atom. The largest absolute Gasteiger partial charge is 0.377 e. The standard InChI is InChI=1S/C24H40N4O2/c1-6-9-21(29)28-20-13-11-18(12-14-20)16-26-23(25-7-2)27-17-19-10-8-15-30-22(19)24(3,4)5/h11-14,19,22H,6-10,15-17H2,1-5H3,(H,28,29)(H2,25,26,27). The van der Waals surface area contributed by atoms with E-state index in [4.69, 9.17) is 9.73 Å². The van der Waals surface area contributed by atoms with Gasteiger partial charge in [-0.15, -0.1) is 0 Å². The second kappa shape index (κ2) is 11.9. The normalized spacial score (nSPS) is 20.0. The van der Waals surface area contributed by atoms with Gasteiger partial charge in [0.1, 0.15) is 0 Å². The maximum Gasteiger partial charge on any atom is 0.224 e. The van der Waals surface area contributed by atoms with Crippen molar-refractivity contribution in [3.05, 3.63) is 29.8 Å². The second-order valence-electron chi connectivity index (χ2n) is 9.13. The summed E-state index contributed by atoms with van der Waals surface area (Å²) in [5.41, 5.74) is 2.07. The van der Waals surface area contributed by atoms with E-state index in [0.717, 1.165) is 49.7 Å².